The lowest BCUT2D eigenvalue weighted by Crippen LogP contribution is -2.29. The van der Waals surface area contributed by atoms with Crippen LogP contribution in [0.15, 0.2) is 109 Å². The van der Waals surface area contributed by atoms with Crippen LogP contribution in [0.1, 0.15) is 30.5 Å². The predicted molar refractivity (Wildman–Crippen MR) is 146 cm³/mol. The van der Waals surface area contributed by atoms with Gasteiger partial charge in [0.05, 0.1) is 18.2 Å². The van der Waals surface area contributed by atoms with Crippen LogP contribution in [-0.2, 0) is 9.59 Å². The number of hydrogen-bond donors (Lipinski definition) is 1. The summed E-state index contributed by atoms with van der Waals surface area (Å²) < 4.78 is 25.9. The summed E-state index contributed by atoms with van der Waals surface area (Å²) in [5.41, 5.74) is 0.902. The van der Waals surface area contributed by atoms with Gasteiger partial charge in [-0.15, -0.1) is 0 Å². The number of carbonyl (C=O) groups excluding carboxylic acids is 2. The van der Waals surface area contributed by atoms with Gasteiger partial charge < -0.3 is 14.6 Å². The molecule has 1 amide bonds. The van der Waals surface area contributed by atoms with Gasteiger partial charge in [0, 0.05) is 11.3 Å². The molecule has 1 N–H and O–H groups in total. The van der Waals surface area contributed by atoms with Crippen LogP contribution in [0.5, 0.6) is 17.2 Å². The topological polar surface area (TPSA) is 76.1 Å². The molecular weight excluding hydrogens is 497 g/mol. The van der Waals surface area contributed by atoms with Crippen molar-refractivity contribution in [3.8, 4) is 17.2 Å². The molecule has 1 unspecified atom stereocenters. The minimum atomic E-state index is -1.04. The van der Waals surface area contributed by atoms with Crippen molar-refractivity contribution in [3.05, 3.63) is 126 Å². The summed E-state index contributed by atoms with van der Waals surface area (Å²) in [6.07, 6.45) is 0.802. The van der Waals surface area contributed by atoms with E-state index in [0.717, 1.165) is 6.42 Å². The maximum Gasteiger partial charge on any atom is 0.300 e. The predicted octanol–water partition coefficient (Wildman–Crippen LogP) is 7.03. The highest BCUT2D eigenvalue weighted by Crippen LogP contribution is 2.43. The minimum absolute atomic E-state index is 0.117. The summed E-state index contributed by atoms with van der Waals surface area (Å²) >= 11 is 0. The SMILES string of the molecule is CCCOc1cccc(/C(O)=C2\C(=O)C(=O)N(c3cccc(F)c3)C2c2cccc(Oc3ccccc3)c2)c1. The third-order valence-electron chi connectivity index (χ3n) is 6.26. The van der Waals surface area contributed by atoms with Gasteiger partial charge in [0.25, 0.3) is 11.7 Å². The number of carbonyl (C=O) groups is 2. The van der Waals surface area contributed by atoms with Gasteiger partial charge in [-0.05, 0) is 66.6 Å². The van der Waals surface area contributed by atoms with Crippen molar-refractivity contribution in [2.45, 2.75) is 19.4 Å². The van der Waals surface area contributed by atoms with E-state index in [1.165, 1.54) is 23.1 Å². The Bertz CT molecular complexity index is 1550. The second-order valence-electron chi connectivity index (χ2n) is 9.01. The molecule has 4 aromatic carbocycles. The number of anilines is 1. The van der Waals surface area contributed by atoms with E-state index in [4.69, 9.17) is 9.47 Å². The summed E-state index contributed by atoms with van der Waals surface area (Å²) in [6, 6.07) is 27.2. The maximum absolute atomic E-state index is 14.2. The number of hydrogen-bond acceptors (Lipinski definition) is 5. The quantitative estimate of drug-likeness (QED) is 0.152. The van der Waals surface area contributed by atoms with Gasteiger partial charge in [-0.2, -0.15) is 0 Å². The zero-order valence-corrected chi connectivity index (χ0v) is 21.2. The number of amides is 1. The lowest BCUT2D eigenvalue weighted by molar-refractivity contribution is -0.132. The van der Waals surface area contributed by atoms with Crippen molar-refractivity contribution in [1.82, 2.24) is 0 Å². The zero-order valence-electron chi connectivity index (χ0n) is 21.2. The van der Waals surface area contributed by atoms with Gasteiger partial charge in [0.2, 0.25) is 0 Å². The first-order valence-electron chi connectivity index (χ1n) is 12.6. The lowest BCUT2D eigenvalue weighted by Gasteiger charge is -2.26. The molecule has 5 rings (SSSR count). The molecule has 7 heteroatoms. The Hall–Kier alpha value is -4.91. The smallest absolute Gasteiger partial charge is 0.300 e. The molecular formula is C32H26FNO5. The van der Waals surface area contributed by atoms with Crippen molar-refractivity contribution in [2.24, 2.45) is 0 Å². The summed E-state index contributed by atoms with van der Waals surface area (Å²) in [5.74, 6) is -1.06. The van der Waals surface area contributed by atoms with Crippen molar-refractivity contribution in [2.75, 3.05) is 11.5 Å². The average molecular weight is 524 g/mol. The molecule has 1 saturated heterocycles. The second-order valence-corrected chi connectivity index (χ2v) is 9.01. The van der Waals surface area contributed by atoms with E-state index in [0.29, 0.717) is 35.0 Å². The van der Waals surface area contributed by atoms with Crippen molar-refractivity contribution < 1.29 is 28.6 Å². The van der Waals surface area contributed by atoms with E-state index in [1.807, 2.05) is 25.1 Å². The number of Topliss-reactive ketones (excluding diaryl/α,β-unsaturated/α-hetero) is 1. The molecule has 0 bridgehead atoms. The monoisotopic (exact) mass is 523 g/mol. The van der Waals surface area contributed by atoms with Crippen LogP contribution in [0.4, 0.5) is 10.1 Å². The molecule has 1 aliphatic rings. The van der Waals surface area contributed by atoms with Crippen LogP contribution in [0.25, 0.3) is 5.76 Å². The molecule has 196 valence electrons. The number of aliphatic hydroxyl groups is 1. The highest BCUT2D eigenvalue weighted by Gasteiger charge is 2.47. The number of ketones is 1. The highest BCUT2D eigenvalue weighted by atomic mass is 19.1. The number of para-hydroxylation sites is 1. The molecule has 0 aromatic heterocycles. The van der Waals surface area contributed by atoms with Gasteiger partial charge in [-0.1, -0.05) is 55.5 Å². The fourth-order valence-corrected chi connectivity index (χ4v) is 4.52. The maximum atomic E-state index is 14.2. The van der Waals surface area contributed by atoms with E-state index < -0.39 is 23.5 Å². The lowest BCUT2D eigenvalue weighted by atomic mass is 9.95. The Labute approximate surface area is 225 Å². The Kier molecular flexibility index (Phi) is 7.41. The van der Waals surface area contributed by atoms with E-state index in [9.17, 15) is 19.1 Å². The Morgan fingerprint density at radius 1 is 0.846 bits per heavy atom. The fourth-order valence-electron chi connectivity index (χ4n) is 4.52. The molecule has 1 aliphatic heterocycles. The highest BCUT2D eigenvalue weighted by molar-refractivity contribution is 6.51. The molecule has 1 heterocycles. The fraction of sp³-hybridized carbons (Fsp3) is 0.125. The molecule has 0 saturated carbocycles. The van der Waals surface area contributed by atoms with Gasteiger partial charge >= 0.3 is 0 Å². The van der Waals surface area contributed by atoms with Crippen LogP contribution in [-0.4, -0.2) is 23.4 Å². The van der Waals surface area contributed by atoms with E-state index in [-0.39, 0.29) is 17.0 Å². The van der Waals surface area contributed by atoms with E-state index in [1.54, 1.807) is 66.7 Å². The number of aliphatic hydroxyl groups excluding tert-OH is 1. The number of benzene rings is 4. The molecule has 0 aliphatic carbocycles. The first-order chi connectivity index (χ1) is 19.0. The average Bonchev–Trinajstić information content (AvgIpc) is 3.22. The molecule has 4 aromatic rings. The third-order valence-corrected chi connectivity index (χ3v) is 6.26. The standard InChI is InChI=1S/C32H26FNO5/c1-2-17-38-26-15-7-10-22(19-26)30(35)28-29(34(32(37)31(28)36)24-12-8-11-23(33)20-24)21-9-6-16-27(18-21)39-25-13-4-3-5-14-25/h3-16,18-20,29,35H,2,17H2,1H3/b30-28+. The summed E-state index contributed by atoms with van der Waals surface area (Å²) in [5, 5.41) is 11.4. The first-order valence-corrected chi connectivity index (χ1v) is 12.6. The van der Waals surface area contributed by atoms with Crippen molar-refractivity contribution in [1.29, 1.82) is 0 Å². The van der Waals surface area contributed by atoms with Crippen LogP contribution >= 0.6 is 0 Å². The molecule has 1 fully saturated rings. The van der Waals surface area contributed by atoms with E-state index >= 15 is 0 Å². The van der Waals surface area contributed by atoms with Crippen LogP contribution in [0.2, 0.25) is 0 Å². The number of nitrogens with zero attached hydrogens (tertiary/aromatic N) is 1. The van der Waals surface area contributed by atoms with Crippen molar-refractivity contribution in [3.63, 3.8) is 0 Å². The minimum Gasteiger partial charge on any atom is -0.507 e. The first kappa shape index (κ1) is 25.7. The largest absolute Gasteiger partial charge is 0.507 e. The number of rotatable bonds is 8. The van der Waals surface area contributed by atoms with Crippen LogP contribution < -0.4 is 14.4 Å². The molecule has 0 spiro atoms. The summed E-state index contributed by atoms with van der Waals surface area (Å²) in [4.78, 5) is 28.0. The van der Waals surface area contributed by atoms with E-state index in [2.05, 4.69) is 0 Å². The van der Waals surface area contributed by atoms with Gasteiger partial charge in [-0.25, -0.2) is 4.39 Å². The van der Waals surface area contributed by atoms with Crippen LogP contribution in [0.3, 0.4) is 0 Å². The Balaban J connectivity index is 1.65. The van der Waals surface area contributed by atoms with Gasteiger partial charge in [0.15, 0.2) is 0 Å². The van der Waals surface area contributed by atoms with Gasteiger partial charge in [-0.3, -0.25) is 14.5 Å². The molecule has 1 atom stereocenters. The zero-order chi connectivity index (χ0) is 27.4. The van der Waals surface area contributed by atoms with Gasteiger partial charge in [0.1, 0.15) is 28.8 Å². The van der Waals surface area contributed by atoms with Crippen LogP contribution in [0, 0.1) is 5.82 Å². The molecule has 39 heavy (non-hydrogen) atoms. The third kappa shape index (κ3) is 5.38. The molecule has 6 nitrogen and oxygen atoms in total. The Morgan fingerprint density at radius 2 is 1.56 bits per heavy atom. The molecule has 0 radical (unpaired) electrons. The number of halogens is 1. The summed E-state index contributed by atoms with van der Waals surface area (Å²) in [6.45, 7) is 2.47. The summed E-state index contributed by atoms with van der Waals surface area (Å²) in [7, 11) is 0. The van der Waals surface area contributed by atoms with Crippen molar-refractivity contribution >= 4 is 23.1 Å². The number of ether oxygens (including phenoxy) is 2. The Morgan fingerprint density at radius 3 is 2.33 bits per heavy atom. The second kappa shape index (κ2) is 11.2. The normalized spacial score (nSPS) is 16.4.